The largest absolute Gasteiger partial charge is 0.352 e. The zero-order valence-electron chi connectivity index (χ0n) is 12.2. The highest BCUT2D eigenvalue weighted by Gasteiger charge is 2.20. The number of hydrogen-bond donors (Lipinski definition) is 2. The van der Waals surface area contributed by atoms with Crippen molar-refractivity contribution in [3.05, 3.63) is 17.5 Å². The van der Waals surface area contributed by atoms with Crippen molar-refractivity contribution in [3.8, 4) is 0 Å². The number of rotatable bonds is 3. The molecular weight excluding hydrogens is 299 g/mol. The van der Waals surface area contributed by atoms with E-state index in [2.05, 4.69) is 22.7 Å². The van der Waals surface area contributed by atoms with Gasteiger partial charge in [-0.1, -0.05) is 0 Å². The van der Waals surface area contributed by atoms with Crippen LogP contribution < -0.4 is 10.6 Å². The number of hydrogen-bond acceptors (Lipinski definition) is 3. The number of aromatic nitrogens is 2. The van der Waals surface area contributed by atoms with E-state index in [1.165, 1.54) is 0 Å². The molecule has 116 valence electrons. The normalized spacial score (nSPS) is 21.6. The predicted octanol–water partition coefficient (Wildman–Crippen LogP) is 1.60. The molecule has 1 aromatic heterocycles. The third kappa shape index (κ3) is 5.31. The Morgan fingerprint density at radius 2 is 2.20 bits per heavy atom. The molecule has 7 heteroatoms. The number of amides is 1. The van der Waals surface area contributed by atoms with E-state index in [0.29, 0.717) is 18.6 Å². The molecule has 0 radical (unpaired) electrons. The third-order valence-corrected chi connectivity index (χ3v) is 3.39. The van der Waals surface area contributed by atoms with Crippen LogP contribution in [-0.2, 0) is 11.3 Å². The summed E-state index contributed by atoms with van der Waals surface area (Å²) in [4.78, 5) is 12.0. The molecule has 1 amide bonds. The van der Waals surface area contributed by atoms with E-state index in [0.717, 1.165) is 30.8 Å². The summed E-state index contributed by atoms with van der Waals surface area (Å²) in [5.74, 6) is 0.0558. The number of aryl methyl sites for hydroxylation is 2. The predicted molar refractivity (Wildman–Crippen MR) is 84.8 cm³/mol. The summed E-state index contributed by atoms with van der Waals surface area (Å²) in [6.45, 7) is 7.36. The average molecular weight is 323 g/mol. The van der Waals surface area contributed by atoms with Gasteiger partial charge in [0.25, 0.3) is 0 Å². The third-order valence-electron chi connectivity index (χ3n) is 3.39. The molecule has 0 saturated carbocycles. The molecule has 2 unspecified atom stereocenters. The first-order valence-electron chi connectivity index (χ1n) is 6.58. The molecule has 0 aliphatic carbocycles. The van der Waals surface area contributed by atoms with Crippen LogP contribution in [0.5, 0.6) is 0 Å². The molecule has 1 fully saturated rings. The number of halogens is 2. The lowest BCUT2D eigenvalue weighted by atomic mass is 10.0. The minimum absolute atomic E-state index is 0. The summed E-state index contributed by atoms with van der Waals surface area (Å²) in [6.07, 6.45) is 2.01. The molecule has 1 aliphatic heterocycles. The minimum atomic E-state index is 0. The van der Waals surface area contributed by atoms with Gasteiger partial charge in [0.15, 0.2) is 0 Å². The van der Waals surface area contributed by atoms with Gasteiger partial charge in [0.2, 0.25) is 5.91 Å². The molecule has 2 atom stereocenters. The molecule has 2 rings (SSSR count). The Morgan fingerprint density at radius 3 is 2.75 bits per heavy atom. The second kappa shape index (κ2) is 8.49. The smallest absolute Gasteiger partial charge is 0.241 e. The molecule has 5 nitrogen and oxygen atoms in total. The standard InChI is InChI=1S/C13H22N4O.2ClH/c1-9-7-12(4-5-14-9)15-13(18)8-17-11(3)6-10(2)16-17;;/h6,9,12,14H,4-5,7-8H2,1-3H3,(H,15,18);2*1H. The van der Waals surface area contributed by atoms with Crippen LogP contribution in [0.2, 0.25) is 0 Å². The van der Waals surface area contributed by atoms with Gasteiger partial charge < -0.3 is 10.6 Å². The maximum absolute atomic E-state index is 12.0. The number of nitrogens with one attached hydrogen (secondary N) is 2. The second-order valence-corrected chi connectivity index (χ2v) is 5.23. The van der Waals surface area contributed by atoms with Gasteiger partial charge >= 0.3 is 0 Å². The topological polar surface area (TPSA) is 59.0 Å². The summed E-state index contributed by atoms with van der Waals surface area (Å²) in [7, 11) is 0. The second-order valence-electron chi connectivity index (χ2n) is 5.23. The Balaban J connectivity index is 0.00000180. The van der Waals surface area contributed by atoms with Gasteiger partial charge in [-0.25, -0.2) is 0 Å². The van der Waals surface area contributed by atoms with Gasteiger partial charge in [0, 0.05) is 17.8 Å². The van der Waals surface area contributed by atoms with E-state index in [9.17, 15) is 4.79 Å². The van der Waals surface area contributed by atoms with Crippen molar-refractivity contribution in [2.24, 2.45) is 0 Å². The summed E-state index contributed by atoms with van der Waals surface area (Å²) < 4.78 is 1.76. The highest BCUT2D eigenvalue weighted by Crippen LogP contribution is 2.08. The molecule has 0 bridgehead atoms. The lowest BCUT2D eigenvalue weighted by Crippen LogP contribution is -2.47. The van der Waals surface area contributed by atoms with Crippen LogP contribution in [0.25, 0.3) is 0 Å². The fourth-order valence-corrected chi connectivity index (χ4v) is 2.51. The molecule has 2 N–H and O–H groups in total. The van der Waals surface area contributed by atoms with Crippen molar-refractivity contribution in [2.75, 3.05) is 6.54 Å². The van der Waals surface area contributed by atoms with Crippen molar-refractivity contribution in [3.63, 3.8) is 0 Å². The van der Waals surface area contributed by atoms with E-state index in [1.54, 1.807) is 4.68 Å². The Hall–Kier alpha value is -0.780. The van der Waals surface area contributed by atoms with E-state index < -0.39 is 0 Å². The number of carbonyl (C=O) groups excluding carboxylic acids is 1. The number of carbonyl (C=O) groups is 1. The number of piperidine rings is 1. The number of nitrogens with zero attached hydrogens (tertiary/aromatic N) is 2. The van der Waals surface area contributed by atoms with Crippen LogP contribution in [-0.4, -0.2) is 34.3 Å². The van der Waals surface area contributed by atoms with Crippen LogP contribution in [0.1, 0.15) is 31.2 Å². The Labute approximate surface area is 132 Å². The molecule has 2 heterocycles. The summed E-state index contributed by atoms with van der Waals surface area (Å²) >= 11 is 0. The van der Waals surface area contributed by atoms with E-state index in [1.807, 2.05) is 19.9 Å². The molecular formula is C13H24Cl2N4O. The highest BCUT2D eigenvalue weighted by atomic mass is 35.5. The zero-order valence-corrected chi connectivity index (χ0v) is 13.8. The Bertz CT molecular complexity index is 436. The van der Waals surface area contributed by atoms with Gasteiger partial charge in [0.1, 0.15) is 6.54 Å². The Morgan fingerprint density at radius 1 is 1.50 bits per heavy atom. The monoisotopic (exact) mass is 322 g/mol. The van der Waals surface area contributed by atoms with Crippen molar-refractivity contribution in [1.29, 1.82) is 0 Å². The molecule has 1 aliphatic rings. The quantitative estimate of drug-likeness (QED) is 0.888. The molecule has 1 saturated heterocycles. The maximum atomic E-state index is 12.0. The Kier molecular flexibility index (Phi) is 8.16. The average Bonchev–Trinajstić information content (AvgIpc) is 2.57. The minimum Gasteiger partial charge on any atom is -0.352 e. The van der Waals surface area contributed by atoms with Gasteiger partial charge in [-0.05, 0) is 46.2 Å². The molecule has 1 aromatic rings. The first-order chi connectivity index (χ1) is 8.54. The first-order valence-corrected chi connectivity index (χ1v) is 6.58. The summed E-state index contributed by atoms with van der Waals surface area (Å²) in [5, 5.41) is 10.8. The molecule has 20 heavy (non-hydrogen) atoms. The van der Waals surface area contributed by atoms with Crippen LogP contribution in [0.4, 0.5) is 0 Å². The van der Waals surface area contributed by atoms with E-state index in [-0.39, 0.29) is 30.7 Å². The van der Waals surface area contributed by atoms with E-state index in [4.69, 9.17) is 0 Å². The van der Waals surface area contributed by atoms with Crippen LogP contribution >= 0.6 is 24.8 Å². The van der Waals surface area contributed by atoms with Crippen LogP contribution in [0.15, 0.2) is 6.07 Å². The lowest BCUT2D eigenvalue weighted by Gasteiger charge is -2.28. The lowest BCUT2D eigenvalue weighted by molar-refractivity contribution is -0.122. The van der Waals surface area contributed by atoms with Gasteiger partial charge in [-0.2, -0.15) is 5.10 Å². The first kappa shape index (κ1) is 19.2. The van der Waals surface area contributed by atoms with Crippen molar-refractivity contribution in [1.82, 2.24) is 20.4 Å². The van der Waals surface area contributed by atoms with Gasteiger partial charge in [-0.3, -0.25) is 9.48 Å². The molecule has 0 aromatic carbocycles. The van der Waals surface area contributed by atoms with Crippen LogP contribution in [0.3, 0.4) is 0 Å². The fourth-order valence-electron chi connectivity index (χ4n) is 2.51. The summed E-state index contributed by atoms with van der Waals surface area (Å²) in [6, 6.07) is 2.77. The summed E-state index contributed by atoms with van der Waals surface area (Å²) in [5.41, 5.74) is 1.98. The van der Waals surface area contributed by atoms with E-state index >= 15 is 0 Å². The van der Waals surface area contributed by atoms with Crippen molar-refractivity contribution >= 4 is 30.7 Å². The maximum Gasteiger partial charge on any atom is 0.241 e. The zero-order chi connectivity index (χ0) is 13.1. The fraction of sp³-hybridized carbons (Fsp3) is 0.692. The van der Waals surface area contributed by atoms with Gasteiger partial charge in [0.05, 0.1) is 5.69 Å². The van der Waals surface area contributed by atoms with Gasteiger partial charge in [-0.15, -0.1) is 24.8 Å². The highest BCUT2D eigenvalue weighted by molar-refractivity contribution is 5.85. The van der Waals surface area contributed by atoms with Crippen molar-refractivity contribution < 1.29 is 4.79 Å². The van der Waals surface area contributed by atoms with Crippen LogP contribution in [0, 0.1) is 13.8 Å². The molecule has 0 spiro atoms. The van der Waals surface area contributed by atoms with Crippen molar-refractivity contribution in [2.45, 2.75) is 52.2 Å². The SMILES string of the molecule is Cc1cc(C)n(CC(=O)NC2CCNC(C)C2)n1.Cl.Cl.